The highest BCUT2D eigenvalue weighted by Crippen LogP contribution is 2.33. The van der Waals surface area contributed by atoms with Crippen LogP contribution in [0, 0.1) is 0 Å². The number of furan rings is 1. The number of esters is 1. The van der Waals surface area contributed by atoms with Gasteiger partial charge in [-0.3, -0.25) is 4.79 Å². The van der Waals surface area contributed by atoms with Crippen molar-refractivity contribution in [3.63, 3.8) is 0 Å². The Bertz CT molecular complexity index is 1740. The highest BCUT2D eigenvalue weighted by atomic mass is 35.5. The van der Waals surface area contributed by atoms with Crippen LogP contribution in [-0.2, 0) is 9.53 Å². The fraction of sp³-hybridized carbons (Fsp3) is 0.143. The Labute approximate surface area is 221 Å². The normalized spacial score (nSPS) is 11.3. The second-order valence-corrected chi connectivity index (χ2v) is 8.51. The van der Waals surface area contributed by atoms with E-state index in [0.717, 1.165) is 10.1 Å². The molecule has 0 saturated carbocycles. The zero-order chi connectivity index (χ0) is 26.6. The molecule has 0 N–H and O–H groups in total. The van der Waals surface area contributed by atoms with Gasteiger partial charge in [0.2, 0.25) is 5.82 Å². The van der Waals surface area contributed by atoms with Crippen molar-refractivity contribution in [1.29, 1.82) is 0 Å². The fourth-order valence-electron chi connectivity index (χ4n) is 3.92. The SMILES string of the molecule is CCOC(=O)COc1ccc(Cl)cc1C=Nn1c(-c2cc3c(OC)cccc3o2)nc2ccccc2c1=O. The van der Waals surface area contributed by atoms with Crippen LogP contribution in [0.5, 0.6) is 11.5 Å². The zero-order valence-electron chi connectivity index (χ0n) is 20.5. The molecule has 0 saturated heterocycles. The molecule has 10 heteroatoms. The molecule has 192 valence electrons. The molecule has 3 aromatic carbocycles. The van der Waals surface area contributed by atoms with E-state index in [1.165, 1.54) is 6.21 Å². The summed E-state index contributed by atoms with van der Waals surface area (Å²) in [7, 11) is 1.57. The number of benzene rings is 3. The summed E-state index contributed by atoms with van der Waals surface area (Å²) >= 11 is 6.20. The van der Waals surface area contributed by atoms with Crippen LogP contribution >= 0.6 is 11.6 Å². The number of carbonyl (C=O) groups excluding carboxylic acids is 1. The maximum Gasteiger partial charge on any atom is 0.344 e. The lowest BCUT2D eigenvalue weighted by Crippen LogP contribution is -2.20. The van der Waals surface area contributed by atoms with Crippen molar-refractivity contribution in [2.45, 2.75) is 6.92 Å². The zero-order valence-corrected chi connectivity index (χ0v) is 21.3. The van der Waals surface area contributed by atoms with Crippen LogP contribution in [0.25, 0.3) is 33.5 Å². The Morgan fingerprint density at radius 1 is 1.08 bits per heavy atom. The van der Waals surface area contributed by atoms with E-state index in [4.69, 9.17) is 30.2 Å². The van der Waals surface area contributed by atoms with Gasteiger partial charge in [-0.15, -0.1) is 0 Å². The Hall–Kier alpha value is -4.63. The molecule has 9 nitrogen and oxygen atoms in total. The van der Waals surface area contributed by atoms with Gasteiger partial charge in [0.25, 0.3) is 5.56 Å². The summed E-state index contributed by atoms with van der Waals surface area (Å²) in [5.74, 6) is 0.970. The topological polar surface area (TPSA) is 105 Å². The summed E-state index contributed by atoms with van der Waals surface area (Å²) in [6.07, 6.45) is 1.41. The van der Waals surface area contributed by atoms with Gasteiger partial charge in [0, 0.05) is 10.6 Å². The van der Waals surface area contributed by atoms with Gasteiger partial charge in [0.1, 0.15) is 17.1 Å². The molecule has 5 rings (SSSR count). The maximum absolute atomic E-state index is 13.5. The molecule has 2 aromatic heterocycles. The molecule has 0 atom stereocenters. The second-order valence-electron chi connectivity index (χ2n) is 8.07. The van der Waals surface area contributed by atoms with E-state index >= 15 is 0 Å². The van der Waals surface area contributed by atoms with Crippen molar-refractivity contribution in [2.75, 3.05) is 20.3 Å². The van der Waals surface area contributed by atoms with E-state index in [1.54, 1.807) is 68.6 Å². The largest absolute Gasteiger partial charge is 0.496 e. The van der Waals surface area contributed by atoms with E-state index in [9.17, 15) is 9.59 Å². The third-order valence-corrected chi connectivity index (χ3v) is 5.89. The summed E-state index contributed by atoms with van der Waals surface area (Å²) in [4.78, 5) is 30.0. The highest BCUT2D eigenvalue weighted by Gasteiger charge is 2.18. The summed E-state index contributed by atoms with van der Waals surface area (Å²) < 4.78 is 23.2. The van der Waals surface area contributed by atoms with Crippen LogP contribution in [0.4, 0.5) is 0 Å². The molecule has 2 heterocycles. The van der Waals surface area contributed by atoms with Crippen LogP contribution in [0.3, 0.4) is 0 Å². The Kier molecular flexibility index (Phi) is 7.10. The Morgan fingerprint density at radius 3 is 2.74 bits per heavy atom. The van der Waals surface area contributed by atoms with Crippen molar-refractivity contribution in [3.8, 4) is 23.1 Å². The minimum Gasteiger partial charge on any atom is -0.496 e. The number of aromatic nitrogens is 2. The molecule has 0 aliphatic heterocycles. The Balaban J connectivity index is 1.63. The monoisotopic (exact) mass is 531 g/mol. The molecule has 5 aromatic rings. The molecule has 0 aliphatic rings. The van der Waals surface area contributed by atoms with Crippen molar-refractivity contribution >= 4 is 45.7 Å². The van der Waals surface area contributed by atoms with E-state index in [1.807, 2.05) is 12.1 Å². The first-order valence-corrected chi connectivity index (χ1v) is 12.1. The van der Waals surface area contributed by atoms with Crippen molar-refractivity contribution in [1.82, 2.24) is 9.66 Å². The molecule has 38 heavy (non-hydrogen) atoms. The van der Waals surface area contributed by atoms with E-state index in [2.05, 4.69) is 10.1 Å². The molecule has 0 radical (unpaired) electrons. The summed E-state index contributed by atoms with van der Waals surface area (Å²) in [6.45, 7) is 1.66. The van der Waals surface area contributed by atoms with Gasteiger partial charge in [-0.2, -0.15) is 9.78 Å². The Morgan fingerprint density at radius 2 is 1.92 bits per heavy atom. The van der Waals surface area contributed by atoms with E-state index < -0.39 is 11.5 Å². The first-order valence-electron chi connectivity index (χ1n) is 11.7. The van der Waals surface area contributed by atoms with Crippen molar-refractivity contribution < 1.29 is 23.4 Å². The molecule has 0 aliphatic carbocycles. The highest BCUT2D eigenvalue weighted by molar-refractivity contribution is 6.30. The third-order valence-electron chi connectivity index (χ3n) is 5.65. The number of para-hydroxylation sites is 1. The van der Waals surface area contributed by atoms with Gasteiger partial charge < -0.3 is 18.6 Å². The molecule has 0 unspecified atom stereocenters. The molecule has 0 spiro atoms. The van der Waals surface area contributed by atoms with Gasteiger partial charge in [-0.25, -0.2) is 9.78 Å². The minimum absolute atomic E-state index is 0.194. The third kappa shape index (κ3) is 4.96. The average molecular weight is 532 g/mol. The van der Waals surface area contributed by atoms with E-state index in [-0.39, 0.29) is 19.0 Å². The molecular weight excluding hydrogens is 510 g/mol. The van der Waals surface area contributed by atoms with Crippen LogP contribution in [0.1, 0.15) is 12.5 Å². The second kappa shape index (κ2) is 10.8. The minimum atomic E-state index is -0.511. The molecular formula is C28H22ClN3O6. The molecule has 0 fully saturated rings. The quantitative estimate of drug-likeness (QED) is 0.198. The molecule has 0 amide bonds. The van der Waals surface area contributed by atoms with Gasteiger partial charge >= 0.3 is 5.97 Å². The lowest BCUT2D eigenvalue weighted by molar-refractivity contribution is -0.145. The predicted molar refractivity (Wildman–Crippen MR) is 144 cm³/mol. The summed E-state index contributed by atoms with van der Waals surface area (Å²) in [5, 5.41) is 5.98. The smallest absolute Gasteiger partial charge is 0.344 e. The number of halogens is 1. The lowest BCUT2D eigenvalue weighted by Gasteiger charge is -2.10. The van der Waals surface area contributed by atoms with Gasteiger partial charge in [-0.1, -0.05) is 29.8 Å². The van der Waals surface area contributed by atoms with Crippen molar-refractivity contribution in [3.05, 3.63) is 87.7 Å². The number of carbonyl (C=O) groups is 1. The number of rotatable bonds is 8. The number of hydrogen-bond donors (Lipinski definition) is 0. The van der Waals surface area contributed by atoms with E-state index in [0.29, 0.717) is 44.3 Å². The van der Waals surface area contributed by atoms with Crippen molar-refractivity contribution in [2.24, 2.45) is 5.10 Å². The van der Waals surface area contributed by atoms with Crippen LogP contribution < -0.4 is 15.0 Å². The van der Waals surface area contributed by atoms with Crippen LogP contribution in [-0.4, -0.2) is 42.2 Å². The summed E-state index contributed by atoms with van der Waals surface area (Å²) in [6, 6.07) is 19.0. The average Bonchev–Trinajstić information content (AvgIpc) is 3.36. The number of fused-ring (bicyclic) bond motifs is 2. The van der Waals surface area contributed by atoms with Gasteiger partial charge in [0.05, 0.1) is 36.2 Å². The summed E-state index contributed by atoms with van der Waals surface area (Å²) in [5.41, 5.74) is 1.11. The number of hydrogen-bond acceptors (Lipinski definition) is 8. The van der Waals surface area contributed by atoms with Crippen LogP contribution in [0.2, 0.25) is 5.02 Å². The molecule has 0 bridgehead atoms. The number of nitrogens with zero attached hydrogens (tertiary/aromatic N) is 3. The first-order chi connectivity index (χ1) is 18.5. The maximum atomic E-state index is 13.5. The van der Waals surface area contributed by atoms with Crippen LogP contribution in [0.15, 0.2) is 81.0 Å². The van der Waals surface area contributed by atoms with Gasteiger partial charge in [-0.05, 0) is 55.5 Å². The number of methoxy groups -OCH3 is 1. The number of ether oxygens (including phenoxy) is 3. The predicted octanol–water partition coefficient (Wildman–Crippen LogP) is 5.30. The lowest BCUT2D eigenvalue weighted by atomic mass is 10.2. The van der Waals surface area contributed by atoms with Gasteiger partial charge in [0.15, 0.2) is 12.4 Å². The first kappa shape index (κ1) is 25.0. The fourth-order valence-corrected chi connectivity index (χ4v) is 4.10. The standard InChI is InChI=1S/C28H22ClN3O6/c1-3-36-26(33)16-37-22-12-11-18(29)13-17(22)15-30-32-27(31-21-8-5-4-7-19(21)28(32)34)25-14-20-23(35-2)9-6-10-24(20)38-25/h4-15H,3,16H2,1-2H3.